The van der Waals surface area contributed by atoms with Gasteiger partial charge in [-0.25, -0.2) is 0 Å². The number of nitrogens with one attached hydrogen (secondary N) is 2. The maximum absolute atomic E-state index is 4.15. The molecule has 0 aromatic carbocycles. The van der Waals surface area contributed by atoms with E-state index in [1.165, 1.54) is 11.1 Å². The summed E-state index contributed by atoms with van der Waals surface area (Å²) in [6.07, 6.45) is 2.19. The predicted molar refractivity (Wildman–Crippen MR) is 59.2 cm³/mol. The molecule has 0 atom stereocenters. The van der Waals surface area contributed by atoms with Gasteiger partial charge in [0.15, 0.2) is 0 Å². The molecule has 0 radical (unpaired) electrons. The molecule has 0 fully saturated rings. The van der Waals surface area contributed by atoms with Crippen LogP contribution in [0.25, 0.3) is 0 Å². The van der Waals surface area contributed by atoms with E-state index >= 15 is 0 Å². The normalized spacial score (nSPS) is 10.3. The lowest BCUT2D eigenvalue weighted by Crippen LogP contribution is -2.14. The van der Waals surface area contributed by atoms with E-state index in [9.17, 15) is 0 Å². The third kappa shape index (κ3) is 3.00. The van der Waals surface area contributed by atoms with Crippen molar-refractivity contribution in [3.8, 4) is 0 Å². The van der Waals surface area contributed by atoms with Crippen molar-refractivity contribution in [3.63, 3.8) is 0 Å². The first kappa shape index (κ1) is 11.0. The van der Waals surface area contributed by atoms with Gasteiger partial charge >= 0.3 is 0 Å². The molecule has 0 amide bonds. The van der Waals surface area contributed by atoms with Gasteiger partial charge in [0.1, 0.15) is 0 Å². The number of aryl methyl sites for hydroxylation is 2. The number of allylic oxidation sites excluding steroid dienone is 1. The quantitative estimate of drug-likeness (QED) is 0.568. The fourth-order valence-corrected chi connectivity index (χ4v) is 1.31. The van der Waals surface area contributed by atoms with Crippen LogP contribution in [0.1, 0.15) is 30.8 Å². The molecule has 2 N–H and O–H groups in total. The van der Waals surface area contributed by atoms with Gasteiger partial charge in [0.05, 0.1) is 5.69 Å². The van der Waals surface area contributed by atoms with Crippen LogP contribution in [0, 0.1) is 13.8 Å². The molecule has 0 aliphatic rings. The zero-order valence-electron chi connectivity index (χ0n) is 9.44. The summed E-state index contributed by atoms with van der Waals surface area (Å²) in [5.41, 5.74) is 4.88. The van der Waals surface area contributed by atoms with Crippen LogP contribution in [0.5, 0.6) is 0 Å². The Hall–Kier alpha value is -1.09. The molecule has 1 rings (SSSR count). The minimum atomic E-state index is 0.887. The van der Waals surface area contributed by atoms with Crippen LogP contribution in [0.2, 0.25) is 0 Å². The summed E-state index contributed by atoms with van der Waals surface area (Å²) in [6.45, 7) is 10.1. The van der Waals surface area contributed by atoms with E-state index in [4.69, 9.17) is 0 Å². The molecule has 1 aromatic heterocycles. The van der Waals surface area contributed by atoms with E-state index in [0.717, 1.165) is 24.5 Å². The second-order valence-corrected chi connectivity index (χ2v) is 3.82. The van der Waals surface area contributed by atoms with Gasteiger partial charge in [0, 0.05) is 24.3 Å². The smallest absolute Gasteiger partial charge is 0.0638 e. The number of hydrogen-bond acceptors (Lipinski definition) is 2. The number of rotatable bonds is 4. The number of aromatic amines is 1. The van der Waals surface area contributed by atoms with Crippen LogP contribution < -0.4 is 5.32 Å². The molecule has 0 aliphatic heterocycles. The fraction of sp³-hybridized carbons (Fsp3) is 0.545. The number of aromatic nitrogens is 2. The molecule has 0 unspecified atom stereocenters. The first-order chi connectivity index (χ1) is 6.61. The van der Waals surface area contributed by atoms with Crippen molar-refractivity contribution in [1.29, 1.82) is 0 Å². The number of nitrogens with zero attached hydrogens (tertiary/aromatic N) is 1. The molecule has 0 aliphatic carbocycles. The van der Waals surface area contributed by atoms with Gasteiger partial charge in [0.2, 0.25) is 0 Å². The van der Waals surface area contributed by atoms with E-state index in [-0.39, 0.29) is 0 Å². The van der Waals surface area contributed by atoms with Crippen LogP contribution in [-0.2, 0) is 6.54 Å². The first-order valence-electron chi connectivity index (χ1n) is 4.95. The number of hydrogen-bond donors (Lipinski definition) is 2. The van der Waals surface area contributed by atoms with Crippen molar-refractivity contribution in [1.82, 2.24) is 15.5 Å². The van der Waals surface area contributed by atoms with Gasteiger partial charge in [-0.2, -0.15) is 5.10 Å². The third-order valence-corrected chi connectivity index (χ3v) is 2.24. The summed E-state index contributed by atoms with van der Waals surface area (Å²) in [7, 11) is 0. The average molecular weight is 193 g/mol. The minimum absolute atomic E-state index is 0.887. The largest absolute Gasteiger partial charge is 0.309 e. The zero-order valence-corrected chi connectivity index (χ0v) is 9.44. The van der Waals surface area contributed by atoms with Gasteiger partial charge in [-0.3, -0.25) is 5.10 Å². The highest BCUT2D eigenvalue weighted by Crippen LogP contribution is 2.07. The lowest BCUT2D eigenvalue weighted by molar-refractivity contribution is 0.749. The Morgan fingerprint density at radius 2 is 2.14 bits per heavy atom. The van der Waals surface area contributed by atoms with Crippen LogP contribution >= 0.6 is 0 Å². The summed E-state index contributed by atoms with van der Waals surface area (Å²) < 4.78 is 0. The molecule has 3 nitrogen and oxygen atoms in total. The third-order valence-electron chi connectivity index (χ3n) is 2.24. The second kappa shape index (κ2) is 4.96. The van der Waals surface area contributed by atoms with E-state index < -0.39 is 0 Å². The van der Waals surface area contributed by atoms with Crippen molar-refractivity contribution < 1.29 is 0 Å². The Morgan fingerprint density at radius 3 is 2.64 bits per heavy atom. The monoisotopic (exact) mass is 193 g/mol. The lowest BCUT2D eigenvalue weighted by Gasteiger charge is -2.02. The Labute approximate surface area is 85.6 Å². The van der Waals surface area contributed by atoms with Crippen molar-refractivity contribution >= 4 is 0 Å². The van der Waals surface area contributed by atoms with Gasteiger partial charge in [-0.05, 0) is 27.7 Å². The summed E-state index contributed by atoms with van der Waals surface area (Å²) in [6, 6.07) is 0. The van der Waals surface area contributed by atoms with Crippen molar-refractivity contribution in [3.05, 3.63) is 28.6 Å². The fourth-order valence-electron chi connectivity index (χ4n) is 1.31. The van der Waals surface area contributed by atoms with Crippen LogP contribution in [0.15, 0.2) is 11.6 Å². The summed E-state index contributed by atoms with van der Waals surface area (Å²) in [4.78, 5) is 0. The van der Waals surface area contributed by atoms with E-state index in [1.807, 2.05) is 6.92 Å². The van der Waals surface area contributed by atoms with E-state index in [2.05, 4.69) is 42.4 Å². The van der Waals surface area contributed by atoms with Crippen LogP contribution in [-0.4, -0.2) is 16.7 Å². The Balaban J connectivity index is 2.42. The highest BCUT2D eigenvalue weighted by molar-refractivity contribution is 5.22. The van der Waals surface area contributed by atoms with Gasteiger partial charge < -0.3 is 5.32 Å². The van der Waals surface area contributed by atoms with Crippen molar-refractivity contribution in [2.24, 2.45) is 0 Å². The minimum Gasteiger partial charge on any atom is -0.309 e. The maximum Gasteiger partial charge on any atom is 0.0638 e. The molecule has 0 bridgehead atoms. The van der Waals surface area contributed by atoms with E-state index in [1.54, 1.807) is 0 Å². The SMILES string of the molecule is CC(C)=CCNCc1c(C)n[nH]c1C. The first-order valence-corrected chi connectivity index (χ1v) is 4.95. The van der Waals surface area contributed by atoms with Gasteiger partial charge in [-0.15, -0.1) is 0 Å². The Bertz CT molecular complexity index is 300. The highest BCUT2D eigenvalue weighted by atomic mass is 15.1. The highest BCUT2D eigenvalue weighted by Gasteiger charge is 2.03. The van der Waals surface area contributed by atoms with Gasteiger partial charge in [-0.1, -0.05) is 11.6 Å². The molecular formula is C11H19N3. The number of H-pyrrole nitrogens is 1. The molecule has 0 saturated heterocycles. The van der Waals surface area contributed by atoms with Gasteiger partial charge in [0.25, 0.3) is 0 Å². The molecule has 3 heteroatoms. The zero-order chi connectivity index (χ0) is 10.6. The van der Waals surface area contributed by atoms with E-state index in [0.29, 0.717) is 0 Å². The molecule has 14 heavy (non-hydrogen) atoms. The Kier molecular flexibility index (Phi) is 3.89. The predicted octanol–water partition coefficient (Wildman–Crippen LogP) is 2.08. The van der Waals surface area contributed by atoms with Crippen molar-refractivity contribution in [2.45, 2.75) is 34.2 Å². The molecule has 1 aromatic rings. The van der Waals surface area contributed by atoms with Crippen LogP contribution in [0.3, 0.4) is 0 Å². The standard InChI is InChI=1S/C11H19N3/c1-8(2)5-6-12-7-11-9(3)13-14-10(11)4/h5,12H,6-7H2,1-4H3,(H,13,14). The topological polar surface area (TPSA) is 40.7 Å². The molecule has 0 spiro atoms. The second-order valence-electron chi connectivity index (χ2n) is 3.82. The average Bonchev–Trinajstić information content (AvgIpc) is 2.42. The molecule has 1 heterocycles. The lowest BCUT2D eigenvalue weighted by atomic mass is 10.2. The molecule has 0 saturated carbocycles. The summed E-state index contributed by atoms with van der Waals surface area (Å²) in [5.74, 6) is 0. The van der Waals surface area contributed by atoms with Crippen molar-refractivity contribution in [2.75, 3.05) is 6.54 Å². The molecule has 78 valence electrons. The maximum atomic E-state index is 4.15. The summed E-state index contributed by atoms with van der Waals surface area (Å²) in [5, 5.41) is 10.5. The molecular weight excluding hydrogens is 174 g/mol. The van der Waals surface area contributed by atoms with Crippen LogP contribution in [0.4, 0.5) is 0 Å². The Morgan fingerprint density at radius 1 is 1.43 bits per heavy atom. The summed E-state index contributed by atoms with van der Waals surface area (Å²) >= 11 is 0.